The first kappa shape index (κ1) is 16.6. The van der Waals surface area contributed by atoms with Crippen molar-refractivity contribution in [3.63, 3.8) is 0 Å². The van der Waals surface area contributed by atoms with E-state index >= 15 is 0 Å². The van der Waals surface area contributed by atoms with E-state index in [1.807, 2.05) is 36.4 Å². The molecular formula is C17H19NO5. The van der Waals surface area contributed by atoms with Gasteiger partial charge in [-0.15, -0.1) is 0 Å². The summed E-state index contributed by atoms with van der Waals surface area (Å²) in [6.07, 6.45) is -1.90. The van der Waals surface area contributed by atoms with Crippen LogP contribution in [-0.4, -0.2) is 30.5 Å². The van der Waals surface area contributed by atoms with Crippen molar-refractivity contribution in [2.75, 3.05) is 13.2 Å². The average molecular weight is 317 g/mol. The fourth-order valence-corrected chi connectivity index (χ4v) is 1.84. The summed E-state index contributed by atoms with van der Waals surface area (Å²) in [5.41, 5.74) is 5.87. The van der Waals surface area contributed by atoms with E-state index in [-0.39, 0.29) is 13.2 Å². The van der Waals surface area contributed by atoms with Gasteiger partial charge >= 0.3 is 6.09 Å². The van der Waals surface area contributed by atoms with Gasteiger partial charge in [0.1, 0.15) is 25.9 Å². The maximum Gasteiger partial charge on any atom is 0.404 e. The van der Waals surface area contributed by atoms with Crippen LogP contribution in [0.25, 0.3) is 0 Å². The second-order valence-electron chi connectivity index (χ2n) is 4.82. The summed E-state index contributed by atoms with van der Waals surface area (Å²) in [4.78, 5) is 10.5. The maximum absolute atomic E-state index is 10.5. The molecular weight excluding hydrogens is 298 g/mol. The second kappa shape index (κ2) is 8.65. The number of carbonyl (C=O) groups is 1. The smallest absolute Gasteiger partial charge is 0.404 e. The highest BCUT2D eigenvalue weighted by molar-refractivity contribution is 5.64. The Morgan fingerprint density at radius 1 is 0.957 bits per heavy atom. The van der Waals surface area contributed by atoms with Gasteiger partial charge in [0, 0.05) is 0 Å². The maximum atomic E-state index is 10.5. The van der Waals surface area contributed by atoms with E-state index < -0.39 is 12.2 Å². The quantitative estimate of drug-likeness (QED) is 0.778. The first-order valence-electron chi connectivity index (χ1n) is 7.14. The Kier molecular flexibility index (Phi) is 6.26. The molecule has 0 saturated heterocycles. The van der Waals surface area contributed by atoms with Crippen LogP contribution in [-0.2, 0) is 11.3 Å². The Morgan fingerprint density at radius 3 is 2.22 bits per heavy atom. The molecule has 23 heavy (non-hydrogen) atoms. The van der Waals surface area contributed by atoms with Crippen LogP contribution in [0.2, 0.25) is 0 Å². The van der Waals surface area contributed by atoms with Crippen molar-refractivity contribution in [2.24, 2.45) is 5.73 Å². The number of primary amides is 1. The first-order chi connectivity index (χ1) is 11.1. The number of rotatable bonds is 8. The minimum atomic E-state index is -0.968. The van der Waals surface area contributed by atoms with Gasteiger partial charge in [0.25, 0.3) is 0 Å². The van der Waals surface area contributed by atoms with Gasteiger partial charge in [-0.05, 0) is 17.7 Å². The molecule has 122 valence electrons. The standard InChI is InChI=1S/C17H19NO5/c18-17(20)23-12-14(19)11-22-16-9-5-4-8-15(16)21-10-13-6-2-1-3-7-13/h1-9,14,19H,10-12H2,(H2,18,20). The van der Waals surface area contributed by atoms with Crippen LogP contribution in [0, 0.1) is 0 Å². The minimum Gasteiger partial charge on any atom is -0.487 e. The van der Waals surface area contributed by atoms with Crippen molar-refractivity contribution in [3.8, 4) is 11.5 Å². The molecule has 1 amide bonds. The molecule has 0 aliphatic heterocycles. The number of aliphatic hydroxyl groups is 1. The fraction of sp³-hybridized carbons (Fsp3) is 0.235. The predicted molar refractivity (Wildman–Crippen MR) is 84.3 cm³/mol. The number of benzene rings is 2. The molecule has 0 aliphatic rings. The monoisotopic (exact) mass is 317 g/mol. The number of hydrogen-bond donors (Lipinski definition) is 2. The number of aliphatic hydroxyl groups excluding tert-OH is 1. The highest BCUT2D eigenvalue weighted by atomic mass is 16.6. The third-order valence-electron chi connectivity index (χ3n) is 2.94. The Hall–Kier alpha value is -2.73. The fourth-order valence-electron chi connectivity index (χ4n) is 1.84. The molecule has 6 heteroatoms. The molecule has 2 aromatic carbocycles. The zero-order chi connectivity index (χ0) is 16.5. The van der Waals surface area contributed by atoms with E-state index in [2.05, 4.69) is 4.74 Å². The largest absolute Gasteiger partial charge is 0.487 e. The van der Waals surface area contributed by atoms with Gasteiger partial charge in [0.2, 0.25) is 0 Å². The number of amides is 1. The highest BCUT2D eigenvalue weighted by Gasteiger charge is 2.10. The van der Waals surface area contributed by atoms with Crippen LogP contribution in [0.1, 0.15) is 5.56 Å². The van der Waals surface area contributed by atoms with E-state index in [4.69, 9.17) is 15.2 Å². The van der Waals surface area contributed by atoms with E-state index in [9.17, 15) is 9.90 Å². The molecule has 0 radical (unpaired) electrons. The molecule has 3 N–H and O–H groups in total. The van der Waals surface area contributed by atoms with Crippen LogP contribution < -0.4 is 15.2 Å². The number of para-hydroxylation sites is 2. The SMILES string of the molecule is NC(=O)OCC(O)COc1ccccc1OCc1ccccc1. The topological polar surface area (TPSA) is 91.0 Å². The van der Waals surface area contributed by atoms with Gasteiger partial charge in [-0.2, -0.15) is 0 Å². The Labute approximate surface area is 134 Å². The third kappa shape index (κ3) is 5.88. The highest BCUT2D eigenvalue weighted by Crippen LogP contribution is 2.27. The van der Waals surface area contributed by atoms with Crippen molar-refractivity contribution in [2.45, 2.75) is 12.7 Å². The van der Waals surface area contributed by atoms with Gasteiger partial charge in [0.05, 0.1) is 0 Å². The lowest BCUT2D eigenvalue weighted by atomic mass is 10.2. The summed E-state index contributed by atoms with van der Waals surface area (Å²) >= 11 is 0. The van der Waals surface area contributed by atoms with Gasteiger partial charge in [0.15, 0.2) is 11.5 Å². The molecule has 1 unspecified atom stereocenters. The van der Waals surface area contributed by atoms with Crippen molar-refractivity contribution in [1.82, 2.24) is 0 Å². The Balaban J connectivity index is 1.88. The zero-order valence-electron chi connectivity index (χ0n) is 12.6. The molecule has 0 bridgehead atoms. The van der Waals surface area contributed by atoms with Crippen LogP contribution in [0.15, 0.2) is 54.6 Å². The normalized spacial score (nSPS) is 11.5. The first-order valence-corrected chi connectivity index (χ1v) is 7.14. The second-order valence-corrected chi connectivity index (χ2v) is 4.82. The molecule has 0 spiro atoms. The van der Waals surface area contributed by atoms with Crippen LogP contribution in [0.5, 0.6) is 11.5 Å². The van der Waals surface area contributed by atoms with E-state index in [1.165, 1.54) is 0 Å². The molecule has 0 aromatic heterocycles. The number of nitrogens with two attached hydrogens (primary N) is 1. The lowest BCUT2D eigenvalue weighted by Gasteiger charge is -2.15. The summed E-state index contributed by atoms with van der Waals surface area (Å²) in [6.45, 7) is 0.149. The van der Waals surface area contributed by atoms with E-state index in [0.717, 1.165) is 5.56 Å². The molecule has 0 fully saturated rings. The Bertz CT molecular complexity index is 617. The molecule has 6 nitrogen and oxygen atoms in total. The number of ether oxygens (including phenoxy) is 3. The van der Waals surface area contributed by atoms with Crippen LogP contribution >= 0.6 is 0 Å². The summed E-state index contributed by atoms with van der Waals surface area (Å²) in [6, 6.07) is 16.9. The molecule has 0 aliphatic carbocycles. The van der Waals surface area contributed by atoms with Gasteiger partial charge < -0.3 is 25.1 Å². The molecule has 2 rings (SSSR count). The zero-order valence-corrected chi connectivity index (χ0v) is 12.6. The number of hydrogen-bond acceptors (Lipinski definition) is 5. The molecule has 2 aromatic rings. The summed E-state index contributed by atoms with van der Waals surface area (Å²) in [5.74, 6) is 1.07. The summed E-state index contributed by atoms with van der Waals surface area (Å²) in [7, 11) is 0. The van der Waals surface area contributed by atoms with Gasteiger partial charge in [-0.1, -0.05) is 42.5 Å². The molecule has 0 heterocycles. The third-order valence-corrected chi connectivity index (χ3v) is 2.94. The predicted octanol–water partition coefficient (Wildman–Crippen LogP) is 2.10. The van der Waals surface area contributed by atoms with Crippen molar-refractivity contribution >= 4 is 6.09 Å². The van der Waals surface area contributed by atoms with Gasteiger partial charge in [-0.3, -0.25) is 0 Å². The van der Waals surface area contributed by atoms with Crippen LogP contribution in [0.4, 0.5) is 4.79 Å². The van der Waals surface area contributed by atoms with Crippen molar-refractivity contribution in [1.29, 1.82) is 0 Å². The van der Waals surface area contributed by atoms with E-state index in [1.54, 1.807) is 18.2 Å². The summed E-state index contributed by atoms with van der Waals surface area (Å²) < 4.78 is 15.8. The van der Waals surface area contributed by atoms with Crippen LogP contribution in [0.3, 0.4) is 0 Å². The summed E-state index contributed by atoms with van der Waals surface area (Å²) in [5, 5.41) is 9.66. The van der Waals surface area contributed by atoms with E-state index in [0.29, 0.717) is 18.1 Å². The molecule has 1 atom stereocenters. The Morgan fingerprint density at radius 2 is 1.57 bits per heavy atom. The average Bonchev–Trinajstić information content (AvgIpc) is 2.58. The lowest BCUT2D eigenvalue weighted by Crippen LogP contribution is -2.27. The number of carbonyl (C=O) groups excluding carboxylic acids is 1. The van der Waals surface area contributed by atoms with Crippen molar-refractivity contribution < 1.29 is 24.1 Å². The lowest BCUT2D eigenvalue weighted by molar-refractivity contribution is 0.0410. The van der Waals surface area contributed by atoms with Crippen molar-refractivity contribution in [3.05, 3.63) is 60.2 Å². The minimum absolute atomic E-state index is 0.0427. The van der Waals surface area contributed by atoms with Gasteiger partial charge in [-0.25, -0.2) is 4.79 Å². The molecule has 0 saturated carbocycles.